The first kappa shape index (κ1) is 32.6. The van der Waals surface area contributed by atoms with Crippen molar-refractivity contribution in [2.45, 2.75) is 38.1 Å². The lowest BCUT2D eigenvalue weighted by atomic mass is 9.85. The molecule has 0 radical (unpaired) electrons. The molecule has 246 valence electrons. The number of hydrogen-bond donors (Lipinski definition) is 1. The first-order valence-corrected chi connectivity index (χ1v) is 16.3. The fourth-order valence-corrected chi connectivity index (χ4v) is 6.91. The maximum atomic E-state index is 14.0. The molecule has 0 aliphatic carbocycles. The number of para-hydroxylation sites is 1. The number of aromatic nitrogens is 3. The first-order chi connectivity index (χ1) is 22.8. The summed E-state index contributed by atoms with van der Waals surface area (Å²) in [4.78, 5) is 42.6. The number of methoxy groups -OCH3 is 1. The SMILES string of the molecule is COCCN1C[C@@H](CC(=O)Cc2c(C)c(-c3cc(C(=O)N[C@@H]4CCOC4)c(=O)n(C)c3)nn2-c2ccccc2)[C@H](c2ccccc2)C1. The number of aryl methyl sites for hydroxylation is 1. The molecule has 10 nitrogen and oxygen atoms in total. The minimum atomic E-state index is -0.428. The molecule has 6 rings (SSSR count). The minimum absolute atomic E-state index is 0.0504. The van der Waals surface area contributed by atoms with E-state index in [9.17, 15) is 14.4 Å². The van der Waals surface area contributed by atoms with Gasteiger partial charge in [0.05, 0.1) is 36.3 Å². The van der Waals surface area contributed by atoms with Gasteiger partial charge in [-0.1, -0.05) is 48.5 Å². The lowest BCUT2D eigenvalue weighted by Crippen LogP contribution is -2.38. The predicted octanol–water partition coefficient (Wildman–Crippen LogP) is 3.93. The summed E-state index contributed by atoms with van der Waals surface area (Å²) in [5.41, 5.74) is 4.65. The molecule has 10 heteroatoms. The van der Waals surface area contributed by atoms with Crippen LogP contribution in [-0.2, 0) is 27.7 Å². The third kappa shape index (κ3) is 7.30. The van der Waals surface area contributed by atoms with Crippen molar-refractivity contribution in [2.75, 3.05) is 46.6 Å². The molecule has 2 aromatic heterocycles. The molecule has 2 aromatic carbocycles. The van der Waals surface area contributed by atoms with Gasteiger partial charge in [-0.05, 0) is 48.6 Å². The van der Waals surface area contributed by atoms with Crippen molar-refractivity contribution in [3.8, 4) is 16.9 Å². The molecule has 2 saturated heterocycles. The molecule has 3 atom stereocenters. The highest BCUT2D eigenvalue weighted by Crippen LogP contribution is 2.36. The van der Waals surface area contributed by atoms with E-state index in [4.69, 9.17) is 14.6 Å². The summed E-state index contributed by atoms with van der Waals surface area (Å²) in [6, 6.07) is 21.7. The Hall–Kier alpha value is -4.38. The summed E-state index contributed by atoms with van der Waals surface area (Å²) < 4.78 is 14.0. The summed E-state index contributed by atoms with van der Waals surface area (Å²) in [5, 5.41) is 7.92. The van der Waals surface area contributed by atoms with E-state index in [1.807, 2.05) is 48.0 Å². The van der Waals surface area contributed by atoms with Gasteiger partial charge in [-0.15, -0.1) is 0 Å². The molecule has 0 bridgehead atoms. The zero-order chi connectivity index (χ0) is 32.9. The summed E-state index contributed by atoms with van der Waals surface area (Å²) in [6.07, 6.45) is 3.07. The van der Waals surface area contributed by atoms with E-state index < -0.39 is 5.91 Å². The number of ether oxygens (including phenoxy) is 2. The fourth-order valence-electron chi connectivity index (χ4n) is 6.91. The van der Waals surface area contributed by atoms with Gasteiger partial charge in [0, 0.05) is 70.9 Å². The Bertz CT molecular complexity index is 1760. The Labute approximate surface area is 275 Å². The van der Waals surface area contributed by atoms with Gasteiger partial charge >= 0.3 is 0 Å². The van der Waals surface area contributed by atoms with Crippen LogP contribution in [-0.4, -0.2) is 83.5 Å². The van der Waals surface area contributed by atoms with Crippen LogP contribution in [0.15, 0.2) is 77.7 Å². The highest BCUT2D eigenvalue weighted by molar-refractivity contribution is 5.95. The van der Waals surface area contributed by atoms with Gasteiger partial charge in [0.1, 0.15) is 11.3 Å². The fraction of sp³-hybridized carbons (Fsp3) is 0.405. The van der Waals surface area contributed by atoms with Crippen molar-refractivity contribution in [1.82, 2.24) is 24.6 Å². The molecule has 2 aliphatic rings. The largest absolute Gasteiger partial charge is 0.383 e. The number of likely N-dealkylation sites (tertiary alicyclic amines) is 1. The van der Waals surface area contributed by atoms with E-state index in [0.29, 0.717) is 43.9 Å². The molecular weight excluding hydrogens is 594 g/mol. The number of nitrogens with zero attached hydrogens (tertiary/aromatic N) is 4. The van der Waals surface area contributed by atoms with Crippen LogP contribution in [0.1, 0.15) is 45.9 Å². The van der Waals surface area contributed by atoms with Crippen LogP contribution in [0.4, 0.5) is 0 Å². The maximum Gasteiger partial charge on any atom is 0.263 e. The highest BCUT2D eigenvalue weighted by atomic mass is 16.5. The van der Waals surface area contributed by atoms with Crippen LogP contribution >= 0.6 is 0 Å². The molecule has 4 aromatic rings. The number of pyridine rings is 1. The van der Waals surface area contributed by atoms with Gasteiger partial charge in [-0.25, -0.2) is 4.68 Å². The van der Waals surface area contributed by atoms with Crippen molar-refractivity contribution < 1.29 is 19.1 Å². The van der Waals surface area contributed by atoms with Crippen LogP contribution in [0.3, 0.4) is 0 Å². The smallest absolute Gasteiger partial charge is 0.263 e. The summed E-state index contributed by atoms with van der Waals surface area (Å²) in [6.45, 7) is 6.20. The van der Waals surface area contributed by atoms with E-state index in [1.165, 1.54) is 10.1 Å². The Morgan fingerprint density at radius 3 is 2.51 bits per heavy atom. The number of ketones is 1. The molecular formula is C37H43N5O5. The number of carbonyl (C=O) groups excluding carboxylic acids is 2. The number of benzene rings is 2. The molecule has 1 amide bonds. The van der Waals surface area contributed by atoms with E-state index in [1.54, 1.807) is 26.4 Å². The third-order valence-electron chi connectivity index (χ3n) is 9.42. The number of rotatable bonds is 12. The van der Waals surface area contributed by atoms with Crippen molar-refractivity contribution in [3.05, 3.63) is 106 Å². The standard InChI is InChI=1S/C37H43N5O5/c1-25-34(20-31(43)18-27-22-41(15-17-46-3)23-33(27)26-10-6-4-7-11-26)42(30-12-8-5-9-13-30)39-35(25)28-19-32(37(45)40(2)21-28)36(44)38-29-14-16-47-24-29/h4-13,19,21,27,29,33H,14-18,20,22-24H2,1-3H3,(H,38,44)/t27-,29-,33+/m1/s1. The van der Waals surface area contributed by atoms with Crippen LogP contribution in [0.5, 0.6) is 0 Å². The molecule has 2 fully saturated rings. The van der Waals surface area contributed by atoms with Crippen LogP contribution < -0.4 is 10.9 Å². The number of amides is 1. The van der Waals surface area contributed by atoms with Gasteiger partial charge < -0.3 is 24.3 Å². The van der Waals surface area contributed by atoms with E-state index >= 15 is 0 Å². The number of hydrogen-bond acceptors (Lipinski definition) is 7. The number of carbonyl (C=O) groups is 2. The van der Waals surface area contributed by atoms with Gasteiger partial charge in [-0.2, -0.15) is 5.10 Å². The molecule has 1 N–H and O–H groups in total. The van der Waals surface area contributed by atoms with Crippen molar-refractivity contribution >= 4 is 11.7 Å². The second-order valence-corrected chi connectivity index (χ2v) is 12.7. The molecule has 0 unspecified atom stereocenters. The molecule has 4 heterocycles. The van der Waals surface area contributed by atoms with Crippen LogP contribution in [0.2, 0.25) is 0 Å². The average molecular weight is 638 g/mol. The second kappa shape index (κ2) is 14.6. The van der Waals surface area contributed by atoms with E-state index in [2.05, 4.69) is 34.5 Å². The van der Waals surface area contributed by atoms with Gasteiger partial charge in [0.2, 0.25) is 0 Å². The average Bonchev–Trinajstić information content (AvgIpc) is 3.82. The number of Topliss-reactive ketones (excluding diaryl/α,β-unsaturated/α-hetero) is 1. The quantitative estimate of drug-likeness (QED) is 0.251. The van der Waals surface area contributed by atoms with Crippen molar-refractivity contribution in [2.24, 2.45) is 13.0 Å². The monoisotopic (exact) mass is 637 g/mol. The molecule has 0 spiro atoms. The third-order valence-corrected chi connectivity index (χ3v) is 9.42. The predicted molar refractivity (Wildman–Crippen MR) is 180 cm³/mol. The molecule has 47 heavy (non-hydrogen) atoms. The van der Waals surface area contributed by atoms with Crippen molar-refractivity contribution in [3.63, 3.8) is 0 Å². The summed E-state index contributed by atoms with van der Waals surface area (Å²) in [7, 11) is 3.35. The van der Waals surface area contributed by atoms with Crippen molar-refractivity contribution in [1.29, 1.82) is 0 Å². The van der Waals surface area contributed by atoms with Gasteiger partial charge in [0.25, 0.3) is 11.5 Å². The zero-order valence-corrected chi connectivity index (χ0v) is 27.4. The van der Waals surface area contributed by atoms with E-state index in [-0.39, 0.29) is 41.2 Å². The second-order valence-electron chi connectivity index (χ2n) is 12.7. The topological polar surface area (TPSA) is 108 Å². The Morgan fingerprint density at radius 1 is 1.06 bits per heavy atom. The summed E-state index contributed by atoms with van der Waals surface area (Å²) >= 11 is 0. The lowest BCUT2D eigenvalue weighted by molar-refractivity contribution is -0.119. The van der Waals surface area contributed by atoms with Gasteiger partial charge in [-0.3, -0.25) is 14.4 Å². The Kier molecular flexibility index (Phi) is 10.1. The first-order valence-electron chi connectivity index (χ1n) is 16.3. The number of nitrogens with one attached hydrogen (secondary N) is 1. The van der Waals surface area contributed by atoms with E-state index in [0.717, 1.165) is 36.6 Å². The Balaban J connectivity index is 1.30. The Morgan fingerprint density at radius 2 is 1.81 bits per heavy atom. The molecule has 0 saturated carbocycles. The normalized spacial score (nSPS) is 19.7. The van der Waals surface area contributed by atoms with Crippen LogP contribution in [0, 0.1) is 12.8 Å². The van der Waals surface area contributed by atoms with Gasteiger partial charge in [0.15, 0.2) is 0 Å². The summed E-state index contributed by atoms with van der Waals surface area (Å²) in [5.74, 6) is 0.168. The molecule has 2 aliphatic heterocycles. The van der Waals surface area contributed by atoms with Crippen LogP contribution in [0.25, 0.3) is 16.9 Å². The minimum Gasteiger partial charge on any atom is -0.383 e. The zero-order valence-electron chi connectivity index (χ0n) is 27.4. The maximum absolute atomic E-state index is 14.0. The lowest BCUT2D eigenvalue weighted by Gasteiger charge is -2.18. The highest BCUT2D eigenvalue weighted by Gasteiger charge is 2.35.